The molecule has 0 aromatic carbocycles. The molecule has 17 heavy (non-hydrogen) atoms. The van der Waals surface area contributed by atoms with Crippen LogP contribution in [-0.2, 0) is 9.53 Å². The smallest absolute Gasteiger partial charge is 0.233 e. The lowest BCUT2D eigenvalue weighted by atomic mass is 9.79. The summed E-state index contributed by atoms with van der Waals surface area (Å²) in [6, 6.07) is 0. The Balaban J connectivity index is 2.58. The SMILES string of the molecule is CC(C)CCNC(=O)C1(C(N)=S)CCOCC1. The molecule has 0 spiro atoms. The van der Waals surface area contributed by atoms with Gasteiger partial charge in [0.2, 0.25) is 5.91 Å². The lowest BCUT2D eigenvalue weighted by Crippen LogP contribution is -2.52. The van der Waals surface area contributed by atoms with Crippen molar-refractivity contribution in [2.75, 3.05) is 19.8 Å². The molecule has 1 fully saturated rings. The Morgan fingerprint density at radius 3 is 2.53 bits per heavy atom. The van der Waals surface area contributed by atoms with E-state index in [1.807, 2.05) is 0 Å². The van der Waals surface area contributed by atoms with Crippen LogP contribution >= 0.6 is 12.2 Å². The third-order valence-electron chi connectivity index (χ3n) is 3.26. The number of amides is 1. The first-order valence-electron chi connectivity index (χ1n) is 6.15. The quantitative estimate of drug-likeness (QED) is 0.728. The number of thiocarbonyl (C=S) groups is 1. The normalized spacial score (nSPS) is 19.0. The molecule has 1 aliphatic rings. The number of ether oxygens (including phenoxy) is 1. The van der Waals surface area contributed by atoms with E-state index in [0.717, 1.165) is 6.42 Å². The molecular weight excluding hydrogens is 236 g/mol. The zero-order chi connectivity index (χ0) is 12.9. The minimum absolute atomic E-state index is 0.0334. The summed E-state index contributed by atoms with van der Waals surface area (Å²) in [4.78, 5) is 12.5. The molecule has 0 aromatic heterocycles. The monoisotopic (exact) mass is 258 g/mol. The van der Waals surface area contributed by atoms with Crippen molar-refractivity contribution in [3.63, 3.8) is 0 Å². The highest BCUT2D eigenvalue weighted by Crippen LogP contribution is 2.31. The van der Waals surface area contributed by atoms with Gasteiger partial charge < -0.3 is 15.8 Å². The zero-order valence-electron chi connectivity index (χ0n) is 10.6. The van der Waals surface area contributed by atoms with Crippen molar-refractivity contribution in [1.29, 1.82) is 0 Å². The first-order valence-corrected chi connectivity index (χ1v) is 6.56. The Morgan fingerprint density at radius 2 is 2.06 bits per heavy atom. The van der Waals surface area contributed by atoms with E-state index >= 15 is 0 Å². The average molecular weight is 258 g/mol. The van der Waals surface area contributed by atoms with Crippen LogP contribution in [0.3, 0.4) is 0 Å². The summed E-state index contributed by atoms with van der Waals surface area (Å²) in [5, 5.41) is 2.94. The number of rotatable bonds is 5. The molecule has 3 N–H and O–H groups in total. The van der Waals surface area contributed by atoms with Crippen LogP contribution in [0.4, 0.5) is 0 Å². The summed E-state index contributed by atoms with van der Waals surface area (Å²) in [7, 11) is 0. The Kier molecular flexibility index (Phi) is 5.33. The Bertz CT molecular complexity index is 286. The van der Waals surface area contributed by atoms with E-state index in [0.29, 0.717) is 43.5 Å². The maximum Gasteiger partial charge on any atom is 0.233 e. The fraction of sp³-hybridized carbons (Fsp3) is 0.833. The Labute approximate surface area is 108 Å². The molecular formula is C12H22N2O2S. The second kappa shape index (κ2) is 6.31. The van der Waals surface area contributed by atoms with Crippen LogP contribution in [0.1, 0.15) is 33.1 Å². The number of nitrogens with one attached hydrogen (secondary N) is 1. The molecule has 1 amide bonds. The van der Waals surface area contributed by atoms with Crippen molar-refractivity contribution in [2.45, 2.75) is 33.1 Å². The van der Waals surface area contributed by atoms with Gasteiger partial charge in [-0.3, -0.25) is 4.79 Å². The van der Waals surface area contributed by atoms with Crippen LogP contribution in [0.15, 0.2) is 0 Å². The molecule has 1 aliphatic heterocycles. The minimum atomic E-state index is -0.690. The first-order chi connectivity index (χ1) is 7.99. The third-order valence-corrected chi connectivity index (χ3v) is 3.65. The van der Waals surface area contributed by atoms with Gasteiger partial charge in [0, 0.05) is 19.8 Å². The predicted octanol–water partition coefficient (Wildman–Crippen LogP) is 1.23. The molecule has 1 heterocycles. The molecule has 0 radical (unpaired) electrons. The molecule has 0 saturated carbocycles. The standard InChI is InChI=1S/C12H22N2O2S/c1-9(2)3-6-14-11(15)12(10(13)17)4-7-16-8-5-12/h9H,3-8H2,1-2H3,(H2,13,17)(H,14,15). The lowest BCUT2D eigenvalue weighted by molar-refractivity contribution is -0.131. The van der Waals surface area contributed by atoms with E-state index < -0.39 is 5.41 Å². The topological polar surface area (TPSA) is 64.4 Å². The van der Waals surface area contributed by atoms with Crippen molar-refractivity contribution in [3.05, 3.63) is 0 Å². The largest absolute Gasteiger partial charge is 0.392 e. The van der Waals surface area contributed by atoms with Crippen molar-refractivity contribution in [3.8, 4) is 0 Å². The Hall–Kier alpha value is -0.680. The van der Waals surface area contributed by atoms with E-state index in [2.05, 4.69) is 19.2 Å². The molecule has 1 rings (SSSR count). The van der Waals surface area contributed by atoms with Crippen LogP contribution < -0.4 is 11.1 Å². The second-order valence-corrected chi connectivity index (χ2v) is 5.44. The fourth-order valence-corrected chi connectivity index (χ4v) is 2.25. The van der Waals surface area contributed by atoms with Gasteiger partial charge in [0.05, 0.1) is 4.99 Å². The molecule has 98 valence electrons. The predicted molar refractivity (Wildman–Crippen MR) is 71.7 cm³/mol. The van der Waals surface area contributed by atoms with E-state index in [-0.39, 0.29) is 5.91 Å². The molecule has 0 unspecified atom stereocenters. The van der Waals surface area contributed by atoms with Crippen LogP contribution in [0.5, 0.6) is 0 Å². The van der Waals surface area contributed by atoms with Gasteiger partial charge in [-0.05, 0) is 25.2 Å². The number of nitrogens with two attached hydrogens (primary N) is 1. The summed E-state index contributed by atoms with van der Waals surface area (Å²) in [5.74, 6) is 0.541. The van der Waals surface area contributed by atoms with Gasteiger partial charge >= 0.3 is 0 Å². The lowest BCUT2D eigenvalue weighted by Gasteiger charge is -2.34. The van der Waals surface area contributed by atoms with Crippen molar-refractivity contribution in [2.24, 2.45) is 17.1 Å². The first kappa shape index (κ1) is 14.4. The number of carbonyl (C=O) groups excluding carboxylic acids is 1. The molecule has 1 saturated heterocycles. The van der Waals surface area contributed by atoms with Gasteiger partial charge in [-0.2, -0.15) is 0 Å². The zero-order valence-corrected chi connectivity index (χ0v) is 11.4. The average Bonchev–Trinajstić information content (AvgIpc) is 2.29. The van der Waals surface area contributed by atoms with Crippen molar-refractivity contribution >= 4 is 23.1 Å². The van der Waals surface area contributed by atoms with E-state index in [4.69, 9.17) is 22.7 Å². The number of hydrogen-bond donors (Lipinski definition) is 2. The van der Waals surface area contributed by atoms with E-state index in [1.165, 1.54) is 0 Å². The van der Waals surface area contributed by atoms with Crippen LogP contribution in [0.25, 0.3) is 0 Å². The van der Waals surface area contributed by atoms with Gasteiger partial charge in [0.1, 0.15) is 5.41 Å². The van der Waals surface area contributed by atoms with Gasteiger partial charge in [-0.1, -0.05) is 26.1 Å². The molecule has 4 nitrogen and oxygen atoms in total. The maximum atomic E-state index is 12.2. The Morgan fingerprint density at radius 1 is 1.47 bits per heavy atom. The maximum absolute atomic E-state index is 12.2. The molecule has 0 atom stereocenters. The summed E-state index contributed by atoms with van der Waals surface area (Å²) < 4.78 is 5.27. The number of hydrogen-bond acceptors (Lipinski definition) is 3. The van der Waals surface area contributed by atoms with Crippen LogP contribution in [-0.4, -0.2) is 30.7 Å². The van der Waals surface area contributed by atoms with Gasteiger partial charge in [-0.15, -0.1) is 0 Å². The molecule has 0 aliphatic carbocycles. The highest BCUT2D eigenvalue weighted by molar-refractivity contribution is 7.80. The summed E-state index contributed by atoms with van der Waals surface area (Å²) in [6.45, 7) is 6.04. The third kappa shape index (κ3) is 3.64. The molecule has 0 bridgehead atoms. The summed E-state index contributed by atoms with van der Waals surface area (Å²) >= 11 is 5.07. The highest BCUT2D eigenvalue weighted by atomic mass is 32.1. The highest BCUT2D eigenvalue weighted by Gasteiger charge is 2.42. The molecule has 0 aromatic rings. The van der Waals surface area contributed by atoms with E-state index in [1.54, 1.807) is 0 Å². The van der Waals surface area contributed by atoms with Crippen molar-refractivity contribution < 1.29 is 9.53 Å². The summed E-state index contributed by atoms with van der Waals surface area (Å²) in [5.41, 5.74) is 5.06. The fourth-order valence-electron chi connectivity index (χ4n) is 1.95. The molecule has 5 heteroatoms. The summed E-state index contributed by atoms with van der Waals surface area (Å²) in [6.07, 6.45) is 2.15. The van der Waals surface area contributed by atoms with Gasteiger partial charge in [-0.25, -0.2) is 0 Å². The minimum Gasteiger partial charge on any atom is -0.392 e. The van der Waals surface area contributed by atoms with Crippen molar-refractivity contribution in [1.82, 2.24) is 5.32 Å². The van der Waals surface area contributed by atoms with Gasteiger partial charge in [0.15, 0.2) is 0 Å². The van der Waals surface area contributed by atoms with Crippen LogP contribution in [0.2, 0.25) is 0 Å². The van der Waals surface area contributed by atoms with Gasteiger partial charge in [0.25, 0.3) is 0 Å². The number of carbonyl (C=O) groups is 1. The van der Waals surface area contributed by atoms with Crippen LogP contribution in [0, 0.1) is 11.3 Å². The van der Waals surface area contributed by atoms with E-state index in [9.17, 15) is 4.79 Å². The second-order valence-electron chi connectivity index (χ2n) is 5.00.